The zero-order valence-corrected chi connectivity index (χ0v) is 12.4. The molecule has 0 aromatic heterocycles. The van der Waals surface area contributed by atoms with E-state index >= 15 is 0 Å². The SMILES string of the molecule is C=CCN1CC[C@@]2(CCCN(C[C@@H]3CCOC3)C2)C1=O. The molecule has 4 heteroatoms. The summed E-state index contributed by atoms with van der Waals surface area (Å²) in [7, 11) is 0. The molecular weight excluding hydrogens is 252 g/mol. The van der Waals surface area contributed by atoms with Crippen LogP contribution in [-0.4, -0.2) is 61.6 Å². The summed E-state index contributed by atoms with van der Waals surface area (Å²) >= 11 is 0. The second kappa shape index (κ2) is 5.86. The van der Waals surface area contributed by atoms with Gasteiger partial charge in [-0.2, -0.15) is 0 Å². The van der Waals surface area contributed by atoms with Gasteiger partial charge >= 0.3 is 0 Å². The van der Waals surface area contributed by atoms with Gasteiger partial charge in [0.05, 0.1) is 12.0 Å². The van der Waals surface area contributed by atoms with E-state index in [9.17, 15) is 4.79 Å². The standard InChI is InChI=1S/C16H26N2O2/c1-2-7-18-9-6-16(15(18)19)5-3-8-17(13-16)11-14-4-10-20-12-14/h2,14H,1,3-13H2/t14-,16+/m0/s1. The Hall–Kier alpha value is -0.870. The summed E-state index contributed by atoms with van der Waals surface area (Å²) in [6.45, 7) is 10.4. The van der Waals surface area contributed by atoms with Crippen LogP contribution in [0.15, 0.2) is 12.7 Å². The molecule has 0 saturated carbocycles. The first-order valence-electron chi connectivity index (χ1n) is 7.94. The Morgan fingerprint density at radius 1 is 1.40 bits per heavy atom. The van der Waals surface area contributed by atoms with Crippen molar-refractivity contribution in [1.82, 2.24) is 9.80 Å². The maximum Gasteiger partial charge on any atom is 0.230 e. The van der Waals surface area contributed by atoms with Gasteiger partial charge in [-0.3, -0.25) is 4.79 Å². The highest BCUT2D eigenvalue weighted by Crippen LogP contribution is 2.40. The van der Waals surface area contributed by atoms with Crippen LogP contribution >= 0.6 is 0 Å². The maximum atomic E-state index is 12.7. The van der Waals surface area contributed by atoms with Gasteiger partial charge in [0.15, 0.2) is 0 Å². The van der Waals surface area contributed by atoms with Crippen molar-refractivity contribution < 1.29 is 9.53 Å². The normalized spacial score (nSPS) is 35.1. The maximum absolute atomic E-state index is 12.7. The van der Waals surface area contributed by atoms with Crippen molar-refractivity contribution in [3.8, 4) is 0 Å². The average molecular weight is 278 g/mol. The molecule has 0 unspecified atom stereocenters. The Morgan fingerprint density at radius 2 is 2.30 bits per heavy atom. The molecule has 3 fully saturated rings. The van der Waals surface area contributed by atoms with E-state index in [-0.39, 0.29) is 5.41 Å². The zero-order chi connectivity index (χ0) is 14.0. The van der Waals surface area contributed by atoms with Crippen LogP contribution in [-0.2, 0) is 9.53 Å². The van der Waals surface area contributed by atoms with Gasteiger partial charge in [-0.25, -0.2) is 0 Å². The number of carbonyl (C=O) groups excluding carboxylic acids is 1. The molecule has 0 aromatic rings. The molecule has 0 radical (unpaired) electrons. The van der Waals surface area contributed by atoms with Crippen LogP contribution in [0.4, 0.5) is 0 Å². The van der Waals surface area contributed by atoms with E-state index in [1.54, 1.807) is 0 Å². The highest BCUT2D eigenvalue weighted by atomic mass is 16.5. The molecule has 0 aliphatic carbocycles. The molecule has 2 atom stereocenters. The highest BCUT2D eigenvalue weighted by Gasteiger charge is 2.48. The van der Waals surface area contributed by atoms with Crippen molar-refractivity contribution in [3.05, 3.63) is 12.7 Å². The van der Waals surface area contributed by atoms with Gasteiger partial charge in [0.1, 0.15) is 0 Å². The molecule has 4 nitrogen and oxygen atoms in total. The number of carbonyl (C=O) groups is 1. The predicted octanol–water partition coefficient (Wildman–Crippen LogP) is 1.52. The van der Waals surface area contributed by atoms with Crippen molar-refractivity contribution >= 4 is 5.91 Å². The number of ether oxygens (including phenoxy) is 1. The lowest BCUT2D eigenvalue weighted by molar-refractivity contribution is -0.138. The van der Waals surface area contributed by atoms with Gasteiger partial charge in [0, 0.05) is 32.8 Å². The van der Waals surface area contributed by atoms with E-state index in [1.807, 2.05) is 11.0 Å². The van der Waals surface area contributed by atoms with Crippen LogP contribution in [0.3, 0.4) is 0 Å². The Bertz CT molecular complexity index is 379. The number of nitrogens with zero attached hydrogens (tertiary/aromatic N) is 2. The van der Waals surface area contributed by atoms with Crippen LogP contribution in [0.25, 0.3) is 0 Å². The summed E-state index contributed by atoms with van der Waals surface area (Å²) in [5, 5.41) is 0. The van der Waals surface area contributed by atoms with Crippen LogP contribution in [0.2, 0.25) is 0 Å². The van der Waals surface area contributed by atoms with Crippen molar-refractivity contribution in [3.63, 3.8) is 0 Å². The monoisotopic (exact) mass is 278 g/mol. The minimum Gasteiger partial charge on any atom is -0.381 e. The van der Waals surface area contributed by atoms with Gasteiger partial charge < -0.3 is 14.5 Å². The topological polar surface area (TPSA) is 32.8 Å². The van der Waals surface area contributed by atoms with Crippen molar-refractivity contribution in [2.45, 2.75) is 25.7 Å². The van der Waals surface area contributed by atoms with Crippen molar-refractivity contribution in [2.75, 3.05) is 45.9 Å². The van der Waals surface area contributed by atoms with E-state index in [1.165, 1.54) is 6.42 Å². The molecule has 3 aliphatic heterocycles. The predicted molar refractivity (Wildman–Crippen MR) is 78.4 cm³/mol. The van der Waals surface area contributed by atoms with E-state index in [2.05, 4.69) is 11.5 Å². The first-order valence-corrected chi connectivity index (χ1v) is 7.94. The first-order chi connectivity index (χ1) is 9.73. The lowest BCUT2D eigenvalue weighted by Crippen LogP contribution is -2.49. The molecular formula is C16H26N2O2. The first kappa shape index (κ1) is 14.1. The Balaban J connectivity index is 1.62. The van der Waals surface area contributed by atoms with E-state index in [0.29, 0.717) is 18.4 Å². The van der Waals surface area contributed by atoms with Crippen LogP contribution < -0.4 is 0 Å². The number of amides is 1. The Labute approximate surface area is 121 Å². The molecule has 20 heavy (non-hydrogen) atoms. The summed E-state index contributed by atoms with van der Waals surface area (Å²) in [6.07, 6.45) is 6.27. The summed E-state index contributed by atoms with van der Waals surface area (Å²) in [5.74, 6) is 1.04. The van der Waals surface area contributed by atoms with E-state index < -0.39 is 0 Å². The number of hydrogen-bond donors (Lipinski definition) is 0. The summed E-state index contributed by atoms with van der Waals surface area (Å²) in [5.41, 5.74) is -0.0965. The lowest BCUT2D eigenvalue weighted by Gasteiger charge is -2.39. The highest BCUT2D eigenvalue weighted by molar-refractivity contribution is 5.85. The molecule has 0 aromatic carbocycles. The molecule has 3 rings (SSSR count). The third-order valence-corrected chi connectivity index (χ3v) is 5.15. The fourth-order valence-electron chi connectivity index (χ4n) is 4.08. The molecule has 3 heterocycles. The second-order valence-electron chi connectivity index (χ2n) is 6.64. The lowest BCUT2D eigenvalue weighted by atomic mass is 9.78. The Morgan fingerprint density at radius 3 is 3.05 bits per heavy atom. The Kier molecular flexibility index (Phi) is 4.13. The van der Waals surface area contributed by atoms with E-state index in [4.69, 9.17) is 4.74 Å². The quantitative estimate of drug-likeness (QED) is 0.731. The van der Waals surface area contributed by atoms with Crippen molar-refractivity contribution in [1.29, 1.82) is 0 Å². The molecule has 3 saturated heterocycles. The van der Waals surface area contributed by atoms with Crippen molar-refractivity contribution in [2.24, 2.45) is 11.3 Å². The molecule has 1 amide bonds. The number of piperidine rings is 1. The number of hydrogen-bond acceptors (Lipinski definition) is 3. The second-order valence-corrected chi connectivity index (χ2v) is 6.64. The van der Waals surface area contributed by atoms with Gasteiger partial charge in [0.2, 0.25) is 5.91 Å². The number of rotatable bonds is 4. The minimum atomic E-state index is -0.0965. The fourth-order valence-corrected chi connectivity index (χ4v) is 4.08. The van der Waals surface area contributed by atoms with Crippen LogP contribution in [0, 0.1) is 11.3 Å². The van der Waals surface area contributed by atoms with Crippen LogP contribution in [0.5, 0.6) is 0 Å². The molecule has 112 valence electrons. The average Bonchev–Trinajstić information content (AvgIpc) is 3.04. The molecule has 3 aliphatic rings. The fraction of sp³-hybridized carbons (Fsp3) is 0.812. The zero-order valence-electron chi connectivity index (χ0n) is 12.4. The van der Waals surface area contributed by atoms with E-state index in [0.717, 1.165) is 58.7 Å². The summed E-state index contributed by atoms with van der Waals surface area (Å²) in [6, 6.07) is 0. The third kappa shape index (κ3) is 2.63. The summed E-state index contributed by atoms with van der Waals surface area (Å²) in [4.78, 5) is 17.2. The molecule has 0 bridgehead atoms. The number of likely N-dealkylation sites (tertiary alicyclic amines) is 2. The summed E-state index contributed by atoms with van der Waals surface area (Å²) < 4.78 is 5.47. The molecule has 0 N–H and O–H groups in total. The largest absolute Gasteiger partial charge is 0.381 e. The van der Waals surface area contributed by atoms with Gasteiger partial charge in [-0.15, -0.1) is 6.58 Å². The van der Waals surface area contributed by atoms with Gasteiger partial charge in [-0.1, -0.05) is 6.08 Å². The molecule has 1 spiro atoms. The minimum absolute atomic E-state index is 0.0965. The van der Waals surface area contributed by atoms with Gasteiger partial charge in [0.25, 0.3) is 0 Å². The third-order valence-electron chi connectivity index (χ3n) is 5.15. The van der Waals surface area contributed by atoms with Gasteiger partial charge in [-0.05, 0) is 38.1 Å². The smallest absolute Gasteiger partial charge is 0.230 e. The van der Waals surface area contributed by atoms with Crippen LogP contribution in [0.1, 0.15) is 25.7 Å².